The third-order valence-corrected chi connectivity index (χ3v) is 4.55. The standard InChI is InChI=1S/C17H33N3/c1-6-8-10-12-14-17(4,13-11-9-7-2)16-19-18-15(3)20(16)5/h6-14H2,1-5H3. The van der Waals surface area contributed by atoms with Gasteiger partial charge in [0.05, 0.1) is 0 Å². The fourth-order valence-corrected chi connectivity index (χ4v) is 2.99. The minimum atomic E-state index is 0.193. The van der Waals surface area contributed by atoms with Crippen LogP contribution in [0, 0.1) is 6.92 Å². The fraction of sp³-hybridized carbons (Fsp3) is 0.882. The minimum Gasteiger partial charge on any atom is -0.318 e. The molecule has 3 nitrogen and oxygen atoms in total. The van der Waals surface area contributed by atoms with Crippen LogP contribution in [0.15, 0.2) is 0 Å². The molecule has 0 radical (unpaired) electrons. The van der Waals surface area contributed by atoms with E-state index in [2.05, 4.69) is 42.6 Å². The maximum atomic E-state index is 4.48. The molecular formula is C17H33N3. The lowest BCUT2D eigenvalue weighted by Gasteiger charge is -2.29. The molecule has 0 N–H and O–H groups in total. The van der Waals surface area contributed by atoms with Gasteiger partial charge in [-0.05, 0) is 19.8 Å². The smallest absolute Gasteiger partial charge is 0.138 e. The highest BCUT2D eigenvalue weighted by molar-refractivity contribution is 5.08. The Labute approximate surface area is 125 Å². The molecule has 0 aromatic carbocycles. The van der Waals surface area contributed by atoms with Crippen LogP contribution in [0.5, 0.6) is 0 Å². The van der Waals surface area contributed by atoms with Crippen LogP contribution in [0.4, 0.5) is 0 Å². The summed E-state index contributed by atoms with van der Waals surface area (Å²) in [6.07, 6.45) is 11.7. The molecule has 1 rings (SSSR count). The van der Waals surface area contributed by atoms with Gasteiger partial charge in [-0.1, -0.05) is 65.7 Å². The van der Waals surface area contributed by atoms with E-state index in [0.717, 1.165) is 5.82 Å². The normalized spacial score (nSPS) is 14.4. The Hall–Kier alpha value is -0.860. The van der Waals surface area contributed by atoms with E-state index in [9.17, 15) is 0 Å². The van der Waals surface area contributed by atoms with Crippen LogP contribution in [-0.2, 0) is 12.5 Å². The van der Waals surface area contributed by atoms with Gasteiger partial charge >= 0.3 is 0 Å². The van der Waals surface area contributed by atoms with Crippen molar-refractivity contribution in [1.82, 2.24) is 14.8 Å². The van der Waals surface area contributed by atoms with Crippen LogP contribution in [0.3, 0.4) is 0 Å². The molecule has 20 heavy (non-hydrogen) atoms. The molecule has 3 heteroatoms. The van der Waals surface area contributed by atoms with Crippen LogP contribution in [0.2, 0.25) is 0 Å². The van der Waals surface area contributed by atoms with Gasteiger partial charge in [0.25, 0.3) is 0 Å². The summed E-state index contributed by atoms with van der Waals surface area (Å²) >= 11 is 0. The van der Waals surface area contributed by atoms with Gasteiger partial charge in [0.15, 0.2) is 0 Å². The molecule has 1 unspecified atom stereocenters. The van der Waals surface area contributed by atoms with E-state index >= 15 is 0 Å². The first-order valence-corrected chi connectivity index (χ1v) is 8.41. The third kappa shape index (κ3) is 4.60. The van der Waals surface area contributed by atoms with Crippen LogP contribution < -0.4 is 0 Å². The van der Waals surface area contributed by atoms with Crippen LogP contribution in [0.25, 0.3) is 0 Å². The van der Waals surface area contributed by atoms with Crippen molar-refractivity contribution >= 4 is 0 Å². The van der Waals surface area contributed by atoms with Gasteiger partial charge in [0, 0.05) is 12.5 Å². The average molecular weight is 279 g/mol. The summed E-state index contributed by atoms with van der Waals surface area (Å²) in [6, 6.07) is 0. The molecule has 0 bridgehead atoms. The molecule has 0 amide bonds. The average Bonchev–Trinajstić information content (AvgIpc) is 2.76. The van der Waals surface area contributed by atoms with E-state index in [1.807, 2.05) is 6.92 Å². The fourth-order valence-electron chi connectivity index (χ4n) is 2.99. The number of hydrogen-bond donors (Lipinski definition) is 0. The van der Waals surface area contributed by atoms with Crippen molar-refractivity contribution in [2.24, 2.45) is 7.05 Å². The highest BCUT2D eigenvalue weighted by Crippen LogP contribution is 2.34. The largest absolute Gasteiger partial charge is 0.318 e. The molecule has 1 heterocycles. The second kappa shape index (κ2) is 8.43. The zero-order valence-corrected chi connectivity index (χ0v) is 14.2. The molecule has 0 saturated carbocycles. The number of unbranched alkanes of at least 4 members (excludes halogenated alkanes) is 5. The first kappa shape index (κ1) is 17.2. The van der Waals surface area contributed by atoms with Crippen molar-refractivity contribution in [3.63, 3.8) is 0 Å². The summed E-state index contributed by atoms with van der Waals surface area (Å²) in [4.78, 5) is 0. The highest BCUT2D eigenvalue weighted by Gasteiger charge is 2.30. The number of rotatable bonds is 10. The molecule has 1 aromatic heterocycles. The van der Waals surface area contributed by atoms with Crippen molar-refractivity contribution in [2.75, 3.05) is 0 Å². The Morgan fingerprint density at radius 2 is 1.45 bits per heavy atom. The van der Waals surface area contributed by atoms with Gasteiger partial charge in [0.1, 0.15) is 11.6 Å². The molecule has 116 valence electrons. The first-order chi connectivity index (χ1) is 9.55. The van der Waals surface area contributed by atoms with Gasteiger partial charge in [-0.15, -0.1) is 10.2 Å². The van der Waals surface area contributed by atoms with Gasteiger partial charge < -0.3 is 4.57 Å². The predicted molar refractivity (Wildman–Crippen MR) is 86.0 cm³/mol. The van der Waals surface area contributed by atoms with Gasteiger partial charge in [0.2, 0.25) is 0 Å². The lowest BCUT2D eigenvalue weighted by molar-refractivity contribution is 0.338. The second-order valence-corrected chi connectivity index (χ2v) is 6.46. The van der Waals surface area contributed by atoms with E-state index in [0.29, 0.717) is 0 Å². The lowest BCUT2D eigenvalue weighted by Crippen LogP contribution is -2.26. The van der Waals surface area contributed by atoms with Crippen LogP contribution in [-0.4, -0.2) is 14.8 Å². The van der Waals surface area contributed by atoms with E-state index in [4.69, 9.17) is 0 Å². The predicted octanol–water partition coefficient (Wildman–Crippen LogP) is 4.93. The summed E-state index contributed by atoms with van der Waals surface area (Å²) in [5.41, 5.74) is 0.193. The van der Waals surface area contributed by atoms with Crippen molar-refractivity contribution in [2.45, 2.75) is 90.9 Å². The van der Waals surface area contributed by atoms with Crippen LogP contribution in [0.1, 0.15) is 90.2 Å². The summed E-state index contributed by atoms with van der Waals surface area (Å²) in [5.74, 6) is 2.21. The summed E-state index contributed by atoms with van der Waals surface area (Å²) in [7, 11) is 2.11. The Bertz CT molecular complexity index is 384. The molecular weight excluding hydrogens is 246 g/mol. The van der Waals surface area contributed by atoms with Crippen molar-refractivity contribution in [3.05, 3.63) is 11.6 Å². The first-order valence-electron chi connectivity index (χ1n) is 8.41. The highest BCUT2D eigenvalue weighted by atomic mass is 15.3. The van der Waals surface area contributed by atoms with Gasteiger partial charge in [-0.25, -0.2) is 0 Å². The third-order valence-electron chi connectivity index (χ3n) is 4.55. The molecule has 0 fully saturated rings. The van der Waals surface area contributed by atoms with E-state index in [-0.39, 0.29) is 5.41 Å². The molecule has 0 aliphatic heterocycles. The lowest BCUT2D eigenvalue weighted by atomic mass is 9.79. The van der Waals surface area contributed by atoms with Crippen LogP contribution >= 0.6 is 0 Å². The van der Waals surface area contributed by atoms with Crippen molar-refractivity contribution in [1.29, 1.82) is 0 Å². The number of hydrogen-bond acceptors (Lipinski definition) is 2. The SMILES string of the molecule is CCCCCCC(C)(CCCCC)c1nnc(C)n1C. The molecule has 1 aromatic rings. The zero-order valence-electron chi connectivity index (χ0n) is 14.2. The number of aryl methyl sites for hydroxylation is 1. The Kier molecular flexibility index (Phi) is 7.25. The van der Waals surface area contributed by atoms with E-state index in [1.54, 1.807) is 0 Å². The summed E-state index contributed by atoms with van der Waals surface area (Å²) < 4.78 is 2.19. The molecule has 0 aliphatic rings. The van der Waals surface area contributed by atoms with Gasteiger partial charge in [-0.3, -0.25) is 0 Å². The molecule has 0 spiro atoms. The minimum absolute atomic E-state index is 0.193. The second-order valence-electron chi connectivity index (χ2n) is 6.46. The van der Waals surface area contributed by atoms with E-state index < -0.39 is 0 Å². The molecule has 0 saturated heterocycles. The van der Waals surface area contributed by atoms with Gasteiger partial charge in [-0.2, -0.15) is 0 Å². The van der Waals surface area contributed by atoms with E-state index in [1.165, 1.54) is 63.6 Å². The number of aromatic nitrogens is 3. The molecule has 1 atom stereocenters. The maximum absolute atomic E-state index is 4.48. The quantitative estimate of drug-likeness (QED) is 0.568. The zero-order chi connectivity index (χ0) is 15.0. The molecule has 0 aliphatic carbocycles. The monoisotopic (exact) mass is 279 g/mol. The summed E-state index contributed by atoms with van der Waals surface area (Å²) in [6.45, 7) is 8.97. The summed E-state index contributed by atoms with van der Waals surface area (Å²) in [5, 5.41) is 8.75. The Balaban J connectivity index is 2.74. The Morgan fingerprint density at radius 1 is 0.900 bits per heavy atom. The van der Waals surface area contributed by atoms with Crippen molar-refractivity contribution < 1.29 is 0 Å². The topological polar surface area (TPSA) is 30.7 Å². The Morgan fingerprint density at radius 3 is 1.95 bits per heavy atom. The maximum Gasteiger partial charge on any atom is 0.138 e. The van der Waals surface area contributed by atoms with Crippen molar-refractivity contribution in [3.8, 4) is 0 Å². The number of nitrogens with zero attached hydrogens (tertiary/aromatic N) is 3.